The van der Waals surface area contributed by atoms with Gasteiger partial charge in [0.25, 0.3) is 11.5 Å². The number of hydrogen-bond donors (Lipinski definition) is 3. The minimum Gasteiger partial charge on any atom is -0.493 e. The van der Waals surface area contributed by atoms with E-state index in [1.807, 2.05) is 25.1 Å². The smallest absolute Gasteiger partial charge is 0.277 e. The average Bonchev–Trinajstić information content (AvgIpc) is 3.29. The second-order valence-corrected chi connectivity index (χ2v) is 10.3. The predicted molar refractivity (Wildman–Crippen MR) is 154 cm³/mol. The van der Waals surface area contributed by atoms with E-state index in [0.717, 1.165) is 62.1 Å². The Morgan fingerprint density at radius 3 is 2.58 bits per heavy atom. The number of hydroxylamine groups is 1. The zero-order valence-electron chi connectivity index (χ0n) is 23.2. The largest absolute Gasteiger partial charge is 0.493 e. The number of anilines is 1. The summed E-state index contributed by atoms with van der Waals surface area (Å²) in [6.07, 6.45) is 4.67. The van der Waals surface area contributed by atoms with Gasteiger partial charge in [0.05, 0.1) is 17.9 Å². The fourth-order valence-electron chi connectivity index (χ4n) is 5.57. The molecule has 2 aromatic heterocycles. The normalized spacial score (nSPS) is 14.1. The molecule has 10 heteroatoms. The van der Waals surface area contributed by atoms with Crippen LogP contribution in [0.3, 0.4) is 0 Å². The number of ether oxygens (including phenoxy) is 1. The van der Waals surface area contributed by atoms with Crippen LogP contribution < -0.4 is 20.7 Å². The molecule has 2 aromatic carbocycles. The fraction of sp³-hybridized carbons (Fsp3) is 0.400. The van der Waals surface area contributed by atoms with Gasteiger partial charge in [0.15, 0.2) is 5.52 Å². The number of carbonyl (C=O) groups excluding carboxylic acids is 1. The molecule has 3 N–H and O–H groups in total. The van der Waals surface area contributed by atoms with Crippen LogP contribution in [0.25, 0.3) is 22.4 Å². The summed E-state index contributed by atoms with van der Waals surface area (Å²) in [7, 11) is 1.78. The van der Waals surface area contributed by atoms with Crippen LogP contribution in [0.4, 0.5) is 5.69 Å². The van der Waals surface area contributed by atoms with Crippen molar-refractivity contribution in [1.82, 2.24) is 25.2 Å². The van der Waals surface area contributed by atoms with Crippen LogP contribution in [0, 0.1) is 5.92 Å². The van der Waals surface area contributed by atoms with Crippen molar-refractivity contribution < 1.29 is 14.7 Å². The monoisotopic (exact) mass is 544 g/mol. The van der Waals surface area contributed by atoms with Gasteiger partial charge in [0, 0.05) is 31.4 Å². The minimum absolute atomic E-state index is 0.206. The third-order valence-electron chi connectivity index (χ3n) is 7.58. The number of hydrogen-bond acceptors (Lipinski definition) is 7. The molecule has 0 spiro atoms. The van der Waals surface area contributed by atoms with Gasteiger partial charge in [-0.3, -0.25) is 19.5 Å². The lowest BCUT2D eigenvalue weighted by molar-refractivity contribution is 0.0706. The number of H-pyrrole nitrogens is 1. The lowest BCUT2D eigenvalue weighted by Crippen LogP contribution is -2.34. The van der Waals surface area contributed by atoms with Crippen molar-refractivity contribution in [2.24, 2.45) is 13.0 Å². The van der Waals surface area contributed by atoms with E-state index in [9.17, 15) is 9.59 Å². The molecule has 3 heterocycles. The third kappa shape index (κ3) is 5.58. The first-order valence-electron chi connectivity index (χ1n) is 13.9. The summed E-state index contributed by atoms with van der Waals surface area (Å²) < 4.78 is 7.55. The van der Waals surface area contributed by atoms with Crippen LogP contribution in [-0.4, -0.2) is 50.6 Å². The quantitative estimate of drug-likeness (QED) is 0.212. The molecule has 1 aliphatic rings. The molecule has 210 valence electrons. The molecule has 0 radical (unpaired) electrons. The number of aryl methyl sites for hydroxylation is 2. The zero-order valence-corrected chi connectivity index (χ0v) is 23.2. The number of benzene rings is 2. The van der Waals surface area contributed by atoms with E-state index >= 15 is 0 Å². The van der Waals surface area contributed by atoms with Crippen LogP contribution in [0.1, 0.15) is 54.7 Å². The molecule has 0 atom stereocenters. The summed E-state index contributed by atoms with van der Waals surface area (Å²) in [5.74, 6) is 1.20. The summed E-state index contributed by atoms with van der Waals surface area (Å²) in [6, 6.07) is 13.5. The van der Waals surface area contributed by atoms with Gasteiger partial charge in [-0.15, -0.1) is 0 Å². The number of carbonyl (C=O) groups is 1. The lowest BCUT2D eigenvalue weighted by Gasteiger charge is -2.34. The first kappa shape index (κ1) is 27.4. The second-order valence-electron chi connectivity index (χ2n) is 10.3. The molecular formula is C30H36N6O4. The number of fused-ring (bicyclic) bond motifs is 1. The van der Waals surface area contributed by atoms with Crippen molar-refractivity contribution in [3.63, 3.8) is 0 Å². The highest BCUT2D eigenvalue weighted by atomic mass is 16.5. The molecule has 4 aromatic rings. The molecule has 1 aliphatic heterocycles. The number of nitrogens with one attached hydrogen (secondary N) is 2. The van der Waals surface area contributed by atoms with E-state index in [-0.39, 0.29) is 5.56 Å². The zero-order chi connectivity index (χ0) is 28.2. The molecule has 1 amide bonds. The highest BCUT2D eigenvalue weighted by Crippen LogP contribution is 2.32. The Balaban J connectivity index is 1.35. The topological polar surface area (TPSA) is 125 Å². The number of aromatic amines is 1. The maximum atomic E-state index is 13.1. The number of piperidine rings is 1. The predicted octanol–water partition coefficient (Wildman–Crippen LogP) is 4.25. The van der Waals surface area contributed by atoms with Crippen LogP contribution in [0.5, 0.6) is 5.75 Å². The standard InChI is InChI=1S/C30H36N6O4/c1-4-6-24-26-27(35(3)33-24)30(38)32-28(31-26)23-18-20(7-12-25(23)40-5-2)17-19-13-15-36(16-14-19)22-10-8-21(9-11-22)29(37)34-39/h7-12,18-19,39H,4-6,13-17H2,1-3H3,(H,34,37)(H,31,32,38). The fourth-order valence-corrected chi connectivity index (χ4v) is 5.57. The maximum Gasteiger partial charge on any atom is 0.277 e. The Kier molecular flexibility index (Phi) is 8.16. The van der Waals surface area contributed by atoms with Gasteiger partial charge >= 0.3 is 0 Å². The van der Waals surface area contributed by atoms with Crippen molar-refractivity contribution in [3.05, 3.63) is 69.6 Å². The summed E-state index contributed by atoms with van der Waals surface area (Å²) >= 11 is 0. The van der Waals surface area contributed by atoms with Crippen molar-refractivity contribution in [2.45, 2.75) is 46.0 Å². The Hall–Kier alpha value is -4.18. The van der Waals surface area contributed by atoms with Crippen LogP contribution in [-0.2, 0) is 19.9 Å². The van der Waals surface area contributed by atoms with E-state index in [0.29, 0.717) is 40.7 Å². The van der Waals surface area contributed by atoms with Gasteiger partial charge in [0.1, 0.15) is 17.1 Å². The van der Waals surface area contributed by atoms with Crippen molar-refractivity contribution in [1.29, 1.82) is 0 Å². The number of amides is 1. The van der Waals surface area contributed by atoms with Gasteiger partial charge < -0.3 is 14.6 Å². The van der Waals surface area contributed by atoms with Crippen molar-refractivity contribution in [3.8, 4) is 17.1 Å². The summed E-state index contributed by atoms with van der Waals surface area (Å²) in [5, 5.41) is 13.4. The molecule has 40 heavy (non-hydrogen) atoms. The molecule has 0 saturated carbocycles. The lowest BCUT2D eigenvalue weighted by atomic mass is 9.89. The van der Waals surface area contributed by atoms with Gasteiger partial charge in [-0.05, 0) is 80.5 Å². The summed E-state index contributed by atoms with van der Waals surface area (Å²) in [4.78, 5) is 34.8. The van der Waals surface area contributed by atoms with Crippen molar-refractivity contribution in [2.75, 3.05) is 24.6 Å². The minimum atomic E-state index is -0.513. The second kappa shape index (κ2) is 11.9. The molecule has 0 bridgehead atoms. The Morgan fingerprint density at radius 2 is 1.90 bits per heavy atom. The Morgan fingerprint density at radius 1 is 1.15 bits per heavy atom. The van der Waals surface area contributed by atoms with Crippen LogP contribution >= 0.6 is 0 Å². The van der Waals surface area contributed by atoms with E-state index in [1.165, 1.54) is 5.56 Å². The van der Waals surface area contributed by atoms with Gasteiger partial charge in [-0.2, -0.15) is 5.10 Å². The highest BCUT2D eigenvalue weighted by Gasteiger charge is 2.22. The molecule has 0 aliphatic carbocycles. The SMILES string of the molecule is CCCc1nn(C)c2c(=O)[nH]c(-c3cc(CC4CCN(c5ccc(C(=O)NO)cc5)CC4)ccc3OCC)nc12. The summed E-state index contributed by atoms with van der Waals surface area (Å²) in [5.41, 5.74) is 6.89. The van der Waals surface area contributed by atoms with Crippen LogP contribution in [0.15, 0.2) is 47.3 Å². The first-order chi connectivity index (χ1) is 19.4. The highest BCUT2D eigenvalue weighted by molar-refractivity contribution is 5.93. The number of rotatable bonds is 9. The Bertz CT molecular complexity index is 1550. The summed E-state index contributed by atoms with van der Waals surface area (Å²) in [6.45, 7) is 6.39. The molecule has 1 fully saturated rings. The van der Waals surface area contributed by atoms with E-state index in [4.69, 9.17) is 14.9 Å². The molecule has 5 rings (SSSR count). The Labute approximate surface area is 233 Å². The van der Waals surface area contributed by atoms with Crippen molar-refractivity contribution >= 4 is 22.6 Å². The molecular weight excluding hydrogens is 508 g/mol. The first-order valence-corrected chi connectivity index (χ1v) is 13.9. The maximum absolute atomic E-state index is 13.1. The van der Waals surface area contributed by atoms with Gasteiger partial charge in [-0.1, -0.05) is 19.4 Å². The molecule has 10 nitrogen and oxygen atoms in total. The molecule has 0 unspecified atom stereocenters. The number of aromatic nitrogens is 4. The number of nitrogens with zero attached hydrogens (tertiary/aromatic N) is 4. The van der Waals surface area contributed by atoms with E-state index in [1.54, 1.807) is 29.3 Å². The third-order valence-corrected chi connectivity index (χ3v) is 7.58. The van der Waals surface area contributed by atoms with Gasteiger partial charge in [0.2, 0.25) is 0 Å². The molecule has 1 saturated heterocycles. The van der Waals surface area contributed by atoms with Gasteiger partial charge in [-0.25, -0.2) is 10.5 Å². The van der Waals surface area contributed by atoms with E-state index in [2.05, 4.69) is 34.0 Å². The average molecular weight is 545 g/mol. The van der Waals surface area contributed by atoms with Crippen LogP contribution in [0.2, 0.25) is 0 Å². The van der Waals surface area contributed by atoms with E-state index < -0.39 is 5.91 Å².